The fourth-order valence-corrected chi connectivity index (χ4v) is 9.40. The van der Waals surface area contributed by atoms with Gasteiger partial charge in [0.15, 0.2) is 5.82 Å². The van der Waals surface area contributed by atoms with E-state index >= 15 is 0 Å². The highest BCUT2D eigenvalue weighted by Crippen LogP contribution is 2.59. The zero-order valence-corrected chi connectivity index (χ0v) is 32.3. The Kier molecular flexibility index (Phi) is 8.41. The second-order valence-electron chi connectivity index (χ2n) is 15.2. The molecule has 0 aliphatic heterocycles. The standard InChI is InChI=1S/C57H38N2/c1-6-19-39(20-7-1)46-31-18-32-51-55(46)50-34-33-42(37-52(50)57(51,43-25-12-4-13-26-43)44-27-14-5-15-28-44)45-35-36-49(48-30-17-16-29-47(45)48)54-38-53(40-21-8-2-9-22-40)58-56(59-54)41-23-10-3-11-24-41/h1-38H. The summed E-state index contributed by atoms with van der Waals surface area (Å²) in [6.07, 6.45) is 0. The average molecular weight is 751 g/mol. The van der Waals surface area contributed by atoms with Gasteiger partial charge in [-0.1, -0.05) is 218 Å². The van der Waals surface area contributed by atoms with Gasteiger partial charge in [0.05, 0.1) is 16.8 Å². The maximum atomic E-state index is 5.23. The third kappa shape index (κ3) is 5.72. The van der Waals surface area contributed by atoms with Gasteiger partial charge >= 0.3 is 0 Å². The van der Waals surface area contributed by atoms with E-state index in [0.717, 1.165) is 33.5 Å². The fourth-order valence-electron chi connectivity index (χ4n) is 9.40. The zero-order valence-electron chi connectivity index (χ0n) is 32.3. The van der Waals surface area contributed by atoms with Crippen LogP contribution in [0.5, 0.6) is 0 Å². The lowest BCUT2D eigenvalue weighted by atomic mass is 9.67. The second-order valence-corrected chi connectivity index (χ2v) is 15.2. The van der Waals surface area contributed by atoms with Gasteiger partial charge in [0.1, 0.15) is 0 Å². The normalized spacial score (nSPS) is 12.5. The Balaban J connectivity index is 1.14. The monoisotopic (exact) mass is 750 g/mol. The van der Waals surface area contributed by atoms with Gasteiger partial charge < -0.3 is 0 Å². The Labute approximate surface area is 344 Å². The third-order valence-corrected chi connectivity index (χ3v) is 12.0. The van der Waals surface area contributed by atoms with E-state index in [4.69, 9.17) is 9.97 Å². The van der Waals surface area contributed by atoms with Crippen LogP contribution in [0.2, 0.25) is 0 Å². The Hall–Kier alpha value is -7.68. The fraction of sp³-hybridized carbons (Fsp3) is 0.0175. The highest BCUT2D eigenvalue weighted by Gasteiger charge is 2.47. The first kappa shape index (κ1) is 34.6. The molecule has 1 aliphatic carbocycles. The Bertz CT molecular complexity index is 3030. The molecule has 2 nitrogen and oxygen atoms in total. The maximum absolute atomic E-state index is 5.23. The van der Waals surface area contributed by atoms with Crippen molar-refractivity contribution in [2.24, 2.45) is 0 Å². The molecule has 1 aromatic heterocycles. The van der Waals surface area contributed by atoms with E-state index in [0.29, 0.717) is 5.82 Å². The summed E-state index contributed by atoms with van der Waals surface area (Å²) in [5.41, 5.74) is 16.8. The summed E-state index contributed by atoms with van der Waals surface area (Å²) < 4.78 is 0. The van der Waals surface area contributed by atoms with Gasteiger partial charge in [0, 0.05) is 16.7 Å². The molecule has 10 aromatic rings. The Morgan fingerprint density at radius 2 is 0.797 bits per heavy atom. The molecule has 276 valence electrons. The predicted molar refractivity (Wildman–Crippen MR) is 244 cm³/mol. The molecule has 0 saturated carbocycles. The predicted octanol–water partition coefficient (Wildman–Crippen LogP) is 14.3. The van der Waals surface area contributed by atoms with Crippen LogP contribution in [0.1, 0.15) is 22.3 Å². The molecular weight excluding hydrogens is 713 g/mol. The van der Waals surface area contributed by atoms with Crippen LogP contribution >= 0.6 is 0 Å². The number of hydrogen-bond acceptors (Lipinski definition) is 2. The number of benzene rings is 9. The number of fused-ring (bicyclic) bond motifs is 4. The van der Waals surface area contributed by atoms with Crippen molar-refractivity contribution in [3.05, 3.63) is 253 Å². The van der Waals surface area contributed by atoms with Crippen molar-refractivity contribution in [1.29, 1.82) is 0 Å². The van der Waals surface area contributed by atoms with E-state index in [1.807, 2.05) is 24.3 Å². The van der Waals surface area contributed by atoms with Gasteiger partial charge in [-0.15, -0.1) is 0 Å². The minimum absolute atomic E-state index is 0.535. The van der Waals surface area contributed by atoms with Gasteiger partial charge in [-0.05, 0) is 78.5 Å². The topological polar surface area (TPSA) is 25.8 Å². The molecule has 1 aliphatic rings. The van der Waals surface area contributed by atoms with Crippen molar-refractivity contribution in [2.75, 3.05) is 0 Å². The molecule has 0 bridgehead atoms. The van der Waals surface area contributed by atoms with Crippen molar-refractivity contribution in [3.8, 4) is 67.3 Å². The van der Waals surface area contributed by atoms with Crippen molar-refractivity contribution in [1.82, 2.24) is 9.97 Å². The molecule has 0 spiro atoms. The highest BCUT2D eigenvalue weighted by molar-refractivity contribution is 6.06. The molecule has 2 heteroatoms. The summed E-state index contributed by atoms with van der Waals surface area (Å²) in [6.45, 7) is 0. The highest BCUT2D eigenvalue weighted by atomic mass is 14.9. The molecule has 0 radical (unpaired) electrons. The molecule has 0 unspecified atom stereocenters. The number of hydrogen-bond donors (Lipinski definition) is 0. The van der Waals surface area contributed by atoms with Crippen LogP contribution < -0.4 is 0 Å². The first-order chi connectivity index (χ1) is 29.3. The van der Waals surface area contributed by atoms with Crippen molar-refractivity contribution >= 4 is 10.8 Å². The van der Waals surface area contributed by atoms with E-state index in [1.54, 1.807) is 0 Å². The SMILES string of the molecule is c1ccc(-c2cc(-c3ccc(-c4ccc5c(c4)C(c4ccccc4)(c4ccccc4)c4cccc(-c6ccccc6)c4-5)c4ccccc34)nc(-c3ccccc3)n2)cc1. The third-order valence-electron chi connectivity index (χ3n) is 12.0. The molecule has 9 aromatic carbocycles. The summed E-state index contributed by atoms with van der Waals surface area (Å²) in [5.74, 6) is 0.710. The van der Waals surface area contributed by atoms with E-state index in [1.165, 1.54) is 61.0 Å². The lowest BCUT2D eigenvalue weighted by molar-refractivity contribution is 0.769. The summed E-state index contributed by atoms with van der Waals surface area (Å²) in [4.78, 5) is 10.3. The maximum Gasteiger partial charge on any atom is 0.160 e. The van der Waals surface area contributed by atoms with Crippen LogP contribution in [0.15, 0.2) is 231 Å². The van der Waals surface area contributed by atoms with Crippen LogP contribution in [0.3, 0.4) is 0 Å². The Morgan fingerprint density at radius 1 is 0.288 bits per heavy atom. The largest absolute Gasteiger partial charge is 0.228 e. The smallest absolute Gasteiger partial charge is 0.160 e. The summed E-state index contributed by atoms with van der Waals surface area (Å²) in [7, 11) is 0. The molecule has 0 fully saturated rings. The number of aromatic nitrogens is 2. The van der Waals surface area contributed by atoms with Gasteiger partial charge in [-0.2, -0.15) is 0 Å². The molecule has 59 heavy (non-hydrogen) atoms. The van der Waals surface area contributed by atoms with Crippen LogP contribution in [-0.4, -0.2) is 9.97 Å². The molecule has 0 N–H and O–H groups in total. The van der Waals surface area contributed by atoms with E-state index in [-0.39, 0.29) is 0 Å². The molecule has 0 saturated heterocycles. The zero-order chi connectivity index (χ0) is 39.2. The quantitative estimate of drug-likeness (QED) is 0.162. The summed E-state index contributed by atoms with van der Waals surface area (Å²) in [6, 6.07) is 83.1. The number of rotatable bonds is 7. The van der Waals surface area contributed by atoms with Crippen LogP contribution in [0.25, 0.3) is 78.1 Å². The van der Waals surface area contributed by atoms with Crippen molar-refractivity contribution < 1.29 is 0 Å². The van der Waals surface area contributed by atoms with Crippen LogP contribution in [0, 0.1) is 0 Å². The molecule has 11 rings (SSSR count). The average Bonchev–Trinajstić information content (AvgIpc) is 3.63. The molecular formula is C57H38N2. The number of nitrogens with zero attached hydrogens (tertiary/aromatic N) is 2. The van der Waals surface area contributed by atoms with Gasteiger partial charge in [0.2, 0.25) is 0 Å². The van der Waals surface area contributed by atoms with Crippen molar-refractivity contribution in [3.63, 3.8) is 0 Å². The first-order valence-corrected chi connectivity index (χ1v) is 20.2. The van der Waals surface area contributed by atoms with Crippen LogP contribution in [-0.2, 0) is 5.41 Å². The lowest BCUT2D eigenvalue weighted by Crippen LogP contribution is -2.28. The van der Waals surface area contributed by atoms with Gasteiger partial charge in [0.25, 0.3) is 0 Å². The Morgan fingerprint density at radius 3 is 1.44 bits per heavy atom. The molecule has 0 atom stereocenters. The van der Waals surface area contributed by atoms with E-state index in [9.17, 15) is 0 Å². The minimum atomic E-state index is -0.535. The molecule has 0 amide bonds. The van der Waals surface area contributed by atoms with Crippen LogP contribution in [0.4, 0.5) is 0 Å². The minimum Gasteiger partial charge on any atom is -0.228 e. The summed E-state index contributed by atoms with van der Waals surface area (Å²) >= 11 is 0. The first-order valence-electron chi connectivity index (χ1n) is 20.2. The van der Waals surface area contributed by atoms with Crippen molar-refractivity contribution in [2.45, 2.75) is 5.41 Å². The molecule has 1 heterocycles. The van der Waals surface area contributed by atoms with Gasteiger partial charge in [-0.25, -0.2) is 9.97 Å². The second kappa shape index (κ2) is 14.4. The lowest BCUT2D eigenvalue weighted by Gasteiger charge is -2.34. The van der Waals surface area contributed by atoms with E-state index < -0.39 is 5.41 Å². The summed E-state index contributed by atoms with van der Waals surface area (Å²) in [5, 5.41) is 2.32. The van der Waals surface area contributed by atoms with E-state index in [2.05, 4.69) is 206 Å². The van der Waals surface area contributed by atoms with Gasteiger partial charge in [-0.3, -0.25) is 0 Å².